The highest BCUT2D eigenvalue weighted by Crippen LogP contribution is 2.23. The maximum Gasteiger partial charge on any atom is 0.256 e. The highest BCUT2D eigenvalue weighted by Gasteiger charge is 2.28. The lowest BCUT2D eigenvalue weighted by Gasteiger charge is -2.41. The van der Waals surface area contributed by atoms with Crippen molar-refractivity contribution < 1.29 is 13.6 Å². The molecule has 0 spiro atoms. The van der Waals surface area contributed by atoms with E-state index in [0.717, 1.165) is 17.8 Å². The van der Waals surface area contributed by atoms with Crippen molar-refractivity contribution in [2.75, 3.05) is 24.5 Å². The van der Waals surface area contributed by atoms with E-state index in [-0.39, 0.29) is 17.5 Å². The molecule has 1 aliphatic rings. The fourth-order valence-corrected chi connectivity index (χ4v) is 3.17. The van der Waals surface area contributed by atoms with E-state index in [9.17, 15) is 13.6 Å². The van der Waals surface area contributed by atoms with Gasteiger partial charge < -0.3 is 9.80 Å². The molecule has 0 N–H and O–H groups in total. The summed E-state index contributed by atoms with van der Waals surface area (Å²) in [5, 5.41) is 0. The fraction of sp³-hybridized carbons (Fsp3) is 0.316. The molecular weight excluding hydrogens is 310 g/mol. The van der Waals surface area contributed by atoms with Crippen molar-refractivity contribution in [2.45, 2.75) is 19.9 Å². The largest absolute Gasteiger partial charge is 0.365 e. The van der Waals surface area contributed by atoms with Crippen LogP contribution in [0.2, 0.25) is 0 Å². The molecule has 1 atom stereocenters. The molecule has 3 rings (SSSR count). The average molecular weight is 330 g/mol. The fourth-order valence-electron chi connectivity index (χ4n) is 3.17. The smallest absolute Gasteiger partial charge is 0.256 e. The van der Waals surface area contributed by atoms with Gasteiger partial charge in [0.2, 0.25) is 0 Å². The average Bonchev–Trinajstić information content (AvgIpc) is 2.54. The number of halogens is 2. The van der Waals surface area contributed by atoms with E-state index in [2.05, 4.69) is 17.0 Å². The third kappa shape index (κ3) is 3.25. The van der Waals surface area contributed by atoms with Crippen LogP contribution in [0, 0.1) is 18.6 Å². The number of anilines is 1. The normalized spacial score (nSPS) is 17.9. The van der Waals surface area contributed by atoms with E-state index >= 15 is 0 Å². The second-order valence-electron chi connectivity index (χ2n) is 6.26. The maximum absolute atomic E-state index is 13.8. The predicted molar refractivity (Wildman–Crippen MR) is 90.2 cm³/mol. The molecule has 0 bridgehead atoms. The Hall–Kier alpha value is -2.43. The number of carbonyl (C=O) groups excluding carboxylic acids is 1. The van der Waals surface area contributed by atoms with Crippen molar-refractivity contribution in [3.8, 4) is 0 Å². The zero-order valence-electron chi connectivity index (χ0n) is 13.8. The van der Waals surface area contributed by atoms with E-state index in [1.54, 1.807) is 4.90 Å². The van der Waals surface area contributed by atoms with E-state index in [4.69, 9.17) is 0 Å². The molecule has 0 unspecified atom stereocenters. The van der Waals surface area contributed by atoms with Gasteiger partial charge in [-0.1, -0.05) is 12.1 Å². The van der Waals surface area contributed by atoms with Gasteiger partial charge in [0, 0.05) is 37.4 Å². The minimum Gasteiger partial charge on any atom is -0.365 e. The first-order chi connectivity index (χ1) is 11.5. The monoisotopic (exact) mass is 330 g/mol. The second-order valence-corrected chi connectivity index (χ2v) is 6.26. The van der Waals surface area contributed by atoms with Crippen LogP contribution in [0.4, 0.5) is 14.5 Å². The molecule has 126 valence electrons. The summed E-state index contributed by atoms with van der Waals surface area (Å²) in [5.41, 5.74) is 2.24. The summed E-state index contributed by atoms with van der Waals surface area (Å²) in [5.74, 6) is -1.88. The minimum atomic E-state index is -0.811. The summed E-state index contributed by atoms with van der Waals surface area (Å²) in [6, 6.07) is 11.4. The Morgan fingerprint density at radius 3 is 2.58 bits per heavy atom. The highest BCUT2D eigenvalue weighted by molar-refractivity contribution is 5.94. The summed E-state index contributed by atoms with van der Waals surface area (Å²) in [6.07, 6.45) is 0. The van der Waals surface area contributed by atoms with Gasteiger partial charge in [0.05, 0.1) is 5.56 Å². The van der Waals surface area contributed by atoms with E-state index in [1.807, 2.05) is 26.0 Å². The van der Waals surface area contributed by atoms with Crippen LogP contribution in [0.1, 0.15) is 22.8 Å². The Morgan fingerprint density at radius 1 is 1.12 bits per heavy atom. The summed E-state index contributed by atoms with van der Waals surface area (Å²) >= 11 is 0. The van der Waals surface area contributed by atoms with Gasteiger partial charge in [-0.3, -0.25) is 4.79 Å². The Labute approximate surface area is 140 Å². The number of nitrogens with zero attached hydrogens (tertiary/aromatic N) is 2. The number of hydrogen-bond donors (Lipinski definition) is 0. The topological polar surface area (TPSA) is 23.6 Å². The van der Waals surface area contributed by atoms with E-state index < -0.39 is 11.6 Å². The molecule has 0 aliphatic carbocycles. The summed E-state index contributed by atoms with van der Waals surface area (Å²) < 4.78 is 26.9. The van der Waals surface area contributed by atoms with Gasteiger partial charge in [0.1, 0.15) is 11.6 Å². The molecule has 1 saturated heterocycles. The number of rotatable bonds is 2. The van der Waals surface area contributed by atoms with Gasteiger partial charge >= 0.3 is 0 Å². The van der Waals surface area contributed by atoms with Gasteiger partial charge in [-0.2, -0.15) is 0 Å². The second kappa shape index (κ2) is 6.59. The van der Waals surface area contributed by atoms with Crippen LogP contribution in [0.25, 0.3) is 0 Å². The first-order valence-corrected chi connectivity index (χ1v) is 8.03. The van der Waals surface area contributed by atoms with Gasteiger partial charge in [0.15, 0.2) is 0 Å². The standard InChI is InChI=1S/C19H20F2N2O/c1-13-4-3-5-16(10-13)23-9-8-22(12-14(23)2)19(24)17-7-6-15(20)11-18(17)21/h3-7,10-11,14H,8-9,12H2,1-2H3/t14-/m1/s1. The first kappa shape index (κ1) is 16.4. The number of piperazine rings is 1. The molecule has 1 amide bonds. The Kier molecular flexibility index (Phi) is 4.51. The van der Waals surface area contributed by atoms with Crippen molar-refractivity contribution in [1.82, 2.24) is 4.90 Å². The molecule has 2 aromatic rings. The molecule has 2 aromatic carbocycles. The highest BCUT2D eigenvalue weighted by atomic mass is 19.1. The lowest BCUT2D eigenvalue weighted by Crippen LogP contribution is -2.54. The third-order valence-electron chi connectivity index (χ3n) is 4.41. The molecule has 0 aromatic heterocycles. The van der Waals surface area contributed by atoms with Crippen molar-refractivity contribution in [3.05, 3.63) is 65.2 Å². The zero-order chi connectivity index (χ0) is 17.3. The summed E-state index contributed by atoms with van der Waals surface area (Å²) in [4.78, 5) is 16.4. The van der Waals surface area contributed by atoms with Gasteiger partial charge in [-0.05, 0) is 43.7 Å². The summed E-state index contributed by atoms with van der Waals surface area (Å²) in [7, 11) is 0. The molecule has 1 heterocycles. The van der Waals surface area contributed by atoms with Crippen LogP contribution < -0.4 is 4.90 Å². The Morgan fingerprint density at radius 2 is 1.92 bits per heavy atom. The van der Waals surface area contributed by atoms with Crippen molar-refractivity contribution in [3.63, 3.8) is 0 Å². The molecule has 5 heteroatoms. The van der Waals surface area contributed by atoms with Gasteiger partial charge in [-0.15, -0.1) is 0 Å². The van der Waals surface area contributed by atoms with Crippen molar-refractivity contribution in [1.29, 1.82) is 0 Å². The number of carbonyl (C=O) groups is 1. The Bertz CT molecular complexity index is 763. The number of amides is 1. The van der Waals surface area contributed by atoms with Crippen LogP contribution in [-0.2, 0) is 0 Å². The summed E-state index contributed by atoms with van der Waals surface area (Å²) in [6.45, 7) is 5.78. The number of aryl methyl sites for hydroxylation is 1. The van der Waals surface area contributed by atoms with Crippen LogP contribution in [0.15, 0.2) is 42.5 Å². The quantitative estimate of drug-likeness (QED) is 0.839. The maximum atomic E-state index is 13.8. The van der Waals surface area contributed by atoms with Gasteiger partial charge in [0.25, 0.3) is 5.91 Å². The van der Waals surface area contributed by atoms with Crippen LogP contribution in [0.5, 0.6) is 0 Å². The Balaban J connectivity index is 1.74. The number of hydrogen-bond acceptors (Lipinski definition) is 2. The predicted octanol–water partition coefficient (Wildman–Crippen LogP) is 3.62. The molecule has 1 aliphatic heterocycles. The molecular formula is C19H20F2N2O. The van der Waals surface area contributed by atoms with E-state index in [0.29, 0.717) is 19.6 Å². The van der Waals surface area contributed by atoms with E-state index in [1.165, 1.54) is 11.6 Å². The molecule has 3 nitrogen and oxygen atoms in total. The van der Waals surface area contributed by atoms with Crippen molar-refractivity contribution >= 4 is 11.6 Å². The minimum absolute atomic E-state index is 0.0763. The zero-order valence-corrected chi connectivity index (χ0v) is 13.8. The molecule has 0 saturated carbocycles. The van der Waals surface area contributed by atoms with Crippen molar-refractivity contribution in [2.24, 2.45) is 0 Å². The molecule has 1 fully saturated rings. The third-order valence-corrected chi connectivity index (χ3v) is 4.41. The van der Waals surface area contributed by atoms with Crippen LogP contribution in [0.3, 0.4) is 0 Å². The lowest BCUT2D eigenvalue weighted by atomic mass is 10.1. The number of benzene rings is 2. The molecule has 24 heavy (non-hydrogen) atoms. The SMILES string of the molecule is Cc1cccc(N2CCN(C(=O)c3ccc(F)cc3F)C[C@H]2C)c1. The molecule has 0 radical (unpaired) electrons. The van der Waals surface area contributed by atoms with Gasteiger partial charge in [-0.25, -0.2) is 8.78 Å². The lowest BCUT2D eigenvalue weighted by molar-refractivity contribution is 0.0721. The van der Waals surface area contributed by atoms with Crippen LogP contribution in [-0.4, -0.2) is 36.5 Å². The van der Waals surface area contributed by atoms with Crippen LogP contribution >= 0.6 is 0 Å². The first-order valence-electron chi connectivity index (χ1n) is 8.03.